The number of hydrogen-bond donors (Lipinski definition) is 2. The lowest BCUT2D eigenvalue weighted by molar-refractivity contribution is -0.143. The number of amides is 2. The molecule has 2 rings (SSSR count). The Bertz CT molecular complexity index is 612. The van der Waals surface area contributed by atoms with Gasteiger partial charge in [-0.05, 0) is 17.0 Å². The molecule has 0 aliphatic carbocycles. The molecule has 0 spiro atoms. The molecule has 1 aromatic carbocycles. The molecule has 0 bridgehead atoms. The third kappa shape index (κ3) is 4.31. The molecular formula is C17H22N2O4. The van der Waals surface area contributed by atoms with Gasteiger partial charge in [-0.3, -0.25) is 14.4 Å². The number of nitrogens with one attached hydrogen (secondary N) is 1. The van der Waals surface area contributed by atoms with Crippen LogP contribution in [0.2, 0.25) is 0 Å². The summed E-state index contributed by atoms with van der Waals surface area (Å²) in [5.41, 5.74) is 2.06. The highest BCUT2D eigenvalue weighted by Gasteiger charge is 2.34. The predicted octanol–water partition coefficient (Wildman–Crippen LogP) is 1.19. The van der Waals surface area contributed by atoms with Crippen molar-refractivity contribution >= 4 is 17.8 Å². The number of carboxylic acids is 1. The van der Waals surface area contributed by atoms with E-state index in [0.717, 1.165) is 11.1 Å². The first kappa shape index (κ1) is 17.0. The Morgan fingerprint density at radius 3 is 2.52 bits per heavy atom. The molecule has 23 heavy (non-hydrogen) atoms. The topological polar surface area (TPSA) is 86.7 Å². The van der Waals surface area contributed by atoms with Crippen molar-refractivity contribution < 1.29 is 19.5 Å². The van der Waals surface area contributed by atoms with E-state index in [-0.39, 0.29) is 11.8 Å². The van der Waals surface area contributed by atoms with Crippen molar-refractivity contribution in [3.8, 4) is 0 Å². The van der Waals surface area contributed by atoms with Crippen LogP contribution in [0.25, 0.3) is 0 Å². The standard InChI is InChI=1S/C17H22N2O4/c1-11(2)7-15(20)19-10-13-6-4-3-5-12(13)8-14(19)17(23)18-9-16(21)22/h3-6,11,14H,7-10H2,1-2H3,(H,18,23)(H,21,22). The third-order valence-corrected chi connectivity index (χ3v) is 3.87. The van der Waals surface area contributed by atoms with Gasteiger partial charge < -0.3 is 15.3 Å². The Hall–Kier alpha value is -2.37. The number of nitrogens with zero attached hydrogens (tertiary/aromatic N) is 1. The molecule has 1 unspecified atom stereocenters. The van der Waals surface area contributed by atoms with Crippen LogP contribution in [-0.2, 0) is 27.3 Å². The number of fused-ring (bicyclic) bond motifs is 1. The van der Waals surface area contributed by atoms with Gasteiger partial charge in [-0.2, -0.15) is 0 Å². The number of benzene rings is 1. The van der Waals surface area contributed by atoms with Crippen molar-refractivity contribution in [1.82, 2.24) is 10.2 Å². The summed E-state index contributed by atoms with van der Waals surface area (Å²) in [5.74, 6) is -1.40. The predicted molar refractivity (Wildman–Crippen MR) is 84.6 cm³/mol. The fraction of sp³-hybridized carbons (Fsp3) is 0.471. The normalized spacial score (nSPS) is 16.8. The highest BCUT2D eigenvalue weighted by Crippen LogP contribution is 2.24. The third-order valence-electron chi connectivity index (χ3n) is 3.87. The van der Waals surface area contributed by atoms with E-state index in [1.807, 2.05) is 38.1 Å². The van der Waals surface area contributed by atoms with E-state index in [4.69, 9.17) is 5.11 Å². The van der Waals surface area contributed by atoms with E-state index < -0.39 is 24.5 Å². The molecule has 124 valence electrons. The van der Waals surface area contributed by atoms with Crippen LogP contribution in [0.3, 0.4) is 0 Å². The second kappa shape index (κ2) is 7.26. The van der Waals surface area contributed by atoms with E-state index in [1.54, 1.807) is 4.90 Å². The molecule has 0 fully saturated rings. The number of hydrogen-bond acceptors (Lipinski definition) is 3. The summed E-state index contributed by atoms with van der Waals surface area (Å²) in [6, 6.07) is 7.05. The number of aliphatic carboxylic acids is 1. The summed E-state index contributed by atoms with van der Waals surface area (Å²) in [4.78, 5) is 37.1. The summed E-state index contributed by atoms with van der Waals surface area (Å²) in [6.45, 7) is 3.85. The fourth-order valence-electron chi connectivity index (χ4n) is 2.77. The van der Waals surface area contributed by atoms with Crippen molar-refractivity contribution in [2.24, 2.45) is 5.92 Å². The van der Waals surface area contributed by atoms with Crippen molar-refractivity contribution in [3.05, 3.63) is 35.4 Å². The Kier molecular flexibility index (Phi) is 5.36. The number of carbonyl (C=O) groups is 3. The number of carboxylic acid groups (broad SMARTS) is 1. The molecule has 1 aliphatic heterocycles. The Morgan fingerprint density at radius 2 is 1.91 bits per heavy atom. The van der Waals surface area contributed by atoms with Gasteiger partial charge in [0.2, 0.25) is 11.8 Å². The molecule has 0 radical (unpaired) electrons. The highest BCUT2D eigenvalue weighted by atomic mass is 16.4. The maximum atomic E-state index is 12.5. The Morgan fingerprint density at radius 1 is 1.26 bits per heavy atom. The summed E-state index contributed by atoms with van der Waals surface area (Å²) < 4.78 is 0. The monoisotopic (exact) mass is 318 g/mol. The van der Waals surface area contributed by atoms with Crippen LogP contribution in [0.1, 0.15) is 31.4 Å². The van der Waals surface area contributed by atoms with Gasteiger partial charge in [-0.25, -0.2) is 0 Å². The van der Waals surface area contributed by atoms with Crippen molar-refractivity contribution in [2.45, 2.75) is 39.3 Å². The van der Waals surface area contributed by atoms with Gasteiger partial charge in [0.15, 0.2) is 0 Å². The van der Waals surface area contributed by atoms with E-state index in [0.29, 0.717) is 19.4 Å². The molecule has 0 aromatic heterocycles. The summed E-state index contributed by atoms with van der Waals surface area (Å²) in [5, 5.41) is 11.1. The van der Waals surface area contributed by atoms with E-state index in [9.17, 15) is 14.4 Å². The lowest BCUT2D eigenvalue weighted by atomic mass is 9.92. The summed E-state index contributed by atoms with van der Waals surface area (Å²) in [6.07, 6.45) is 0.774. The van der Waals surface area contributed by atoms with E-state index >= 15 is 0 Å². The molecule has 0 saturated heterocycles. The van der Waals surface area contributed by atoms with Gasteiger partial charge in [0, 0.05) is 19.4 Å². The zero-order valence-electron chi connectivity index (χ0n) is 13.4. The molecule has 1 atom stereocenters. The van der Waals surface area contributed by atoms with E-state index in [2.05, 4.69) is 5.32 Å². The van der Waals surface area contributed by atoms with Crippen LogP contribution < -0.4 is 5.32 Å². The van der Waals surface area contributed by atoms with Gasteiger partial charge in [0.05, 0.1) is 0 Å². The Labute approximate surface area is 135 Å². The van der Waals surface area contributed by atoms with Crippen molar-refractivity contribution in [3.63, 3.8) is 0 Å². The van der Waals surface area contributed by atoms with Gasteiger partial charge in [-0.1, -0.05) is 38.1 Å². The molecule has 1 aromatic rings. The maximum Gasteiger partial charge on any atom is 0.322 e. The molecule has 6 nitrogen and oxygen atoms in total. The minimum Gasteiger partial charge on any atom is -0.480 e. The molecule has 1 heterocycles. The average Bonchev–Trinajstić information content (AvgIpc) is 2.50. The minimum atomic E-state index is -1.10. The largest absolute Gasteiger partial charge is 0.480 e. The van der Waals surface area contributed by atoms with Crippen molar-refractivity contribution in [1.29, 1.82) is 0 Å². The van der Waals surface area contributed by atoms with Gasteiger partial charge >= 0.3 is 5.97 Å². The Balaban J connectivity index is 2.22. The van der Waals surface area contributed by atoms with Gasteiger partial charge in [-0.15, -0.1) is 0 Å². The van der Waals surface area contributed by atoms with Crippen LogP contribution in [0, 0.1) is 5.92 Å². The second-order valence-corrected chi connectivity index (χ2v) is 6.22. The zero-order chi connectivity index (χ0) is 17.0. The maximum absolute atomic E-state index is 12.5. The lowest BCUT2D eigenvalue weighted by Crippen LogP contribution is -2.53. The van der Waals surface area contributed by atoms with Crippen LogP contribution in [0.15, 0.2) is 24.3 Å². The second-order valence-electron chi connectivity index (χ2n) is 6.22. The number of carbonyl (C=O) groups excluding carboxylic acids is 2. The molecule has 2 N–H and O–H groups in total. The quantitative estimate of drug-likeness (QED) is 0.854. The van der Waals surface area contributed by atoms with Crippen molar-refractivity contribution in [2.75, 3.05) is 6.54 Å². The first-order valence-electron chi connectivity index (χ1n) is 7.74. The summed E-state index contributed by atoms with van der Waals surface area (Å²) in [7, 11) is 0. The van der Waals surface area contributed by atoms with E-state index in [1.165, 1.54) is 0 Å². The van der Waals surface area contributed by atoms with Gasteiger partial charge in [0.1, 0.15) is 12.6 Å². The average molecular weight is 318 g/mol. The van der Waals surface area contributed by atoms with Crippen LogP contribution >= 0.6 is 0 Å². The smallest absolute Gasteiger partial charge is 0.322 e. The number of rotatable bonds is 5. The first-order valence-corrected chi connectivity index (χ1v) is 7.74. The molecule has 6 heteroatoms. The zero-order valence-corrected chi connectivity index (χ0v) is 13.4. The minimum absolute atomic E-state index is 0.0787. The molecular weight excluding hydrogens is 296 g/mol. The van der Waals surface area contributed by atoms with Crippen LogP contribution in [-0.4, -0.2) is 40.4 Å². The first-order chi connectivity index (χ1) is 10.9. The highest BCUT2D eigenvalue weighted by molar-refractivity contribution is 5.90. The van der Waals surface area contributed by atoms with Crippen LogP contribution in [0.5, 0.6) is 0 Å². The molecule has 1 aliphatic rings. The fourth-order valence-corrected chi connectivity index (χ4v) is 2.77. The lowest BCUT2D eigenvalue weighted by Gasteiger charge is -2.36. The van der Waals surface area contributed by atoms with Crippen LogP contribution in [0.4, 0.5) is 0 Å². The SMILES string of the molecule is CC(C)CC(=O)N1Cc2ccccc2CC1C(=O)NCC(=O)O. The van der Waals surface area contributed by atoms with Gasteiger partial charge in [0.25, 0.3) is 0 Å². The molecule has 2 amide bonds. The summed E-state index contributed by atoms with van der Waals surface area (Å²) >= 11 is 0. The molecule has 0 saturated carbocycles.